The standard InChI is InChI=1S/C17H24O4/c1-6-21-15-9-7-12(17(2,3)4)11-13(15)14(18)8-10-16(19)20-5/h7,9,11H,6,8,10H2,1-5H3. The minimum absolute atomic E-state index is 0.0534. The zero-order valence-electron chi connectivity index (χ0n) is 13.5. The van der Waals surface area contributed by atoms with Crippen LogP contribution in [0, 0.1) is 0 Å². The van der Waals surface area contributed by atoms with Crippen molar-refractivity contribution < 1.29 is 19.1 Å². The number of methoxy groups -OCH3 is 1. The minimum Gasteiger partial charge on any atom is -0.493 e. The first-order chi connectivity index (χ1) is 9.79. The van der Waals surface area contributed by atoms with E-state index in [0.29, 0.717) is 17.9 Å². The number of carbonyl (C=O) groups is 2. The number of ether oxygens (including phenoxy) is 2. The lowest BCUT2D eigenvalue weighted by Crippen LogP contribution is -2.14. The Morgan fingerprint density at radius 2 is 1.81 bits per heavy atom. The normalized spacial score (nSPS) is 11.1. The van der Waals surface area contributed by atoms with Gasteiger partial charge in [-0.2, -0.15) is 0 Å². The van der Waals surface area contributed by atoms with Crippen molar-refractivity contribution in [2.24, 2.45) is 0 Å². The van der Waals surface area contributed by atoms with Crippen LogP contribution in [0.4, 0.5) is 0 Å². The lowest BCUT2D eigenvalue weighted by molar-refractivity contribution is -0.140. The summed E-state index contributed by atoms with van der Waals surface area (Å²) >= 11 is 0. The highest BCUT2D eigenvalue weighted by atomic mass is 16.5. The number of carbonyl (C=O) groups excluding carboxylic acids is 2. The topological polar surface area (TPSA) is 52.6 Å². The highest BCUT2D eigenvalue weighted by Crippen LogP contribution is 2.29. The van der Waals surface area contributed by atoms with E-state index < -0.39 is 0 Å². The maximum atomic E-state index is 12.4. The van der Waals surface area contributed by atoms with Gasteiger partial charge in [0.25, 0.3) is 0 Å². The van der Waals surface area contributed by atoms with Crippen molar-refractivity contribution in [2.75, 3.05) is 13.7 Å². The van der Waals surface area contributed by atoms with Gasteiger partial charge in [-0.25, -0.2) is 0 Å². The van der Waals surface area contributed by atoms with Gasteiger partial charge >= 0.3 is 5.97 Å². The summed E-state index contributed by atoms with van der Waals surface area (Å²) in [5.74, 6) is 0.0867. The SMILES string of the molecule is CCOc1ccc(C(C)(C)C)cc1C(=O)CCC(=O)OC. The average Bonchev–Trinajstić information content (AvgIpc) is 2.43. The van der Waals surface area contributed by atoms with Crippen LogP contribution in [0.3, 0.4) is 0 Å². The molecule has 1 aromatic carbocycles. The highest BCUT2D eigenvalue weighted by molar-refractivity contribution is 6.00. The molecule has 1 rings (SSSR count). The van der Waals surface area contributed by atoms with Crippen LogP contribution in [0.25, 0.3) is 0 Å². The molecule has 0 spiro atoms. The molecule has 0 radical (unpaired) electrons. The summed E-state index contributed by atoms with van der Waals surface area (Å²) < 4.78 is 10.1. The molecule has 0 amide bonds. The fourth-order valence-electron chi connectivity index (χ4n) is 1.95. The first kappa shape index (κ1) is 17.2. The van der Waals surface area contributed by atoms with Gasteiger partial charge in [0.05, 0.1) is 25.7 Å². The third kappa shape index (κ3) is 4.88. The zero-order valence-corrected chi connectivity index (χ0v) is 13.5. The second kappa shape index (κ2) is 7.25. The van der Waals surface area contributed by atoms with Crippen LogP contribution >= 0.6 is 0 Å². The summed E-state index contributed by atoms with van der Waals surface area (Å²) in [4.78, 5) is 23.5. The monoisotopic (exact) mass is 292 g/mol. The molecule has 4 nitrogen and oxygen atoms in total. The van der Waals surface area contributed by atoms with Crippen molar-refractivity contribution >= 4 is 11.8 Å². The molecule has 4 heteroatoms. The maximum absolute atomic E-state index is 12.4. The summed E-state index contributed by atoms with van der Waals surface area (Å²) in [6.07, 6.45) is 0.209. The van der Waals surface area contributed by atoms with E-state index in [4.69, 9.17) is 4.74 Å². The maximum Gasteiger partial charge on any atom is 0.305 e. The Morgan fingerprint density at radius 1 is 1.14 bits per heavy atom. The lowest BCUT2D eigenvalue weighted by Gasteiger charge is -2.21. The number of rotatable bonds is 6. The van der Waals surface area contributed by atoms with Crippen LogP contribution in [0.15, 0.2) is 18.2 Å². The van der Waals surface area contributed by atoms with Crippen LogP contribution in [-0.4, -0.2) is 25.5 Å². The average molecular weight is 292 g/mol. The predicted molar refractivity (Wildman–Crippen MR) is 81.9 cm³/mol. The van der Waals surface area contributed by atoms with Gasteiger partial charge in [0, 0.05) is 6.42 Å². The molecule has 0 aliphatic rings. The molecular formula is C17H24O4. The number of benzene rings is 1. The van der Waals surface area contributed by atoms with Crippen LogP contribution in [0.1, 0.15) is 56.5 Å². The Morgan fingerprint density at radius 3 is 2.33 bits per heavy atom. The Kier molecular flexibility index (Phi) is 5.94. The van der Waals surface area contributed by atoms with Gasteiger partial charge in [-0.15, -0.1) is 0 Å². The molecular weight excluding hydrogens is 268 g/mol. The molecule has 0 aliphatic heterocycles. The Balaban J connectivity index is 3.05. The lowest BCUT2D eigenvalue weighted by atomic mass is 9.85. The van der Waals surface area contributed by atoms with E-state index in [1.54, 1.807) is 0 Å². The van der Waals surface area contributed by atoms with Crippen molar-refractivity contribution in [3.63, 3.8) is 0 Å². The molecule has 0 aromatic heterocycles. The summed E-state index contributed by atoms with van der Waals surface area (Å²) in [6.45, 7) is 8.63. The summed E-state index contributed by atoms with van der Waals surface area (Å²) in [5.41, 5.74) is 1.54. The largest absolute Gasteiger partial charge is 0.493 e. The van der Waals surface area contributed by atoms with Crippen molar-refractivity contribution in [1.29, 1.82) is 0 Å². The van der Waals surface area contributed by atoms with Crippen LogP contribution < -0.4 is 4.74 Å². The van der Waals surface area contributed by atoms with Crippen LogP contribution in [-0.2, 0) is 14.9 Å². The van der Waals surface area contributed by atoms with Crippen molar-refractivity contribution in [2.45, 2.75) is 46.0 Å². The second-order valence-corrected chi connectivity index (χ2v) is 5.89. The second-order valence-electron chi connectivity index (χ2n) is 5.89. The van der Waals surface area contributed by atoms with E-state index >= 15 is 0 Å². The van der Waals surface area contributed by atoms with Crippen molar-refractivity contribution in [3.8, 4) is 5.75 Å². The smallest absolute Gasteiger partial charge is 0.305 e. The molecule has 1 aromatic rings. The molecule has 0 unspecified atom stereocenters. The fourth-order valence-corrected chi connectivity index (χ4v) is 1.95. The van der Waals surface area contributed by atoms with Gasteiger partial charge in [0.2, 0.25) is 0 Å². The Labute approximate surface area is 126 Å². The first-order valence-corrected chi connectivity index (χ1v) is 7.17. The zero-order chi connectivity index (χ0) is 16.0. The summed E-state index contributed by atoms with van der Waals surface area (Å²) in [6, 6.07) is 5.67. The minimum atomic E-state index is -0.381. The van der Waals surface area contributed by atoms with Gasteiger partial charge in [0.1, 0.15) is 5.75 Å². The first-order valence-electron chi connectivity index (χ1n) is 7.17. The Hall–Kier alpha value is -1.84. The third-order valence-electron chi connectivity index (χ3n) is 3.23. The van der Waals surface area contributed by atoms with Gasteiger partial charge in [-0.3, -0.25) is 9.59 Å². The highest BCUT2D eigenvalue weighted by Gasteiger charge is 2.20. The molecule has 0 heterocycles. The van der Waals surface area contributed by atoms with Gasteiger partial charge in [0.15, 0.2) is 5.78 Å². The van der Waals surface area contributed by atoms with E-state index in [2.05, 4.69) is 25.5 Å². The molecule has 0 N–H and O–H groups in total. The van der Waals surface area contributed by atoms with Gasteiger partial charge in [-0.05, 0) is 30.0 Å². The van der Waals surface area contributed by atoms with Gasteiger partial charge in [-0.1, -0.05) is 26.8 Å². The van der Waals surface area contributed by atoms with E-state index in [1.165, 1.54) is 7.11 Å². The number of ketones is 1. The number of hydrogen-bond acceptors (Lipinski definition) is 4. The summed E-state index contributed by atoms with van der Waals surface area (Å²) in [7, 11) is 1.32. The molecule has 0 saturated carbocycles. The fraction of sp³-hybridized carbons (Fsp3) is 0.529. The van der Waals surface area contributed by atoms with E-state index in [1.807, 2.05) is 25.1 Å². The van der Waals surface area contributed by atoms with Crippen LogP contribution in [0.2, 0.25) is 0 Å². The molecule has 0 bridgehead atoms. The van der Waals surface area contributed by atoms with Crippen molar-refractivity contribution in [1.82, 2.24) is 0 Å². The number of hydrogen-bond donors (Lipinski definition) is 0. The van der Waals surface area contributed by atoms with E-state index in [-0.39, 0.29) is 30.0 Å². The van der Waals surface area contributed by atoms with E-state index in [9.17, 15) is 9.59 Å². The summed E-state index contributed by atoms with van der Waals surface area (Å²) in [5, 5.41) is 0. The molecule has 0 fully saturated rings. The molecule has 0 aliphatic carbocycles. The molecule has 0 atom stereocenters. The molecule has 116 valence electrons. The number of Topliss-reactive ketones (excluding diaryl/α,β-unsaturated/α-hetero) is 1. The van der Waals surface area contributed by atoms with Gasteiger partial charge < -0.3 is 9.47 Å². The quantitative estimate of drug-likeness (QED) is 0.594. The number of esters is 1. The van der Waals surface area contributed by atoms with E-state index in [0.717, 1.165) is 5.56 Å². The predicted octanol–water partition coefficient (Wildman–Crippen LogP) is 3.52. The van der Waals surface area contributed by atoms with Crippen LogP contribution in [0.5, 0.6) is 5.75 Å². The van der Waals surface area contributed by atoms with Crippen molar-refractivity contribution in [3.05, 3.63) is 29.3 Å². The third-order valence-corrected chi connectivity index (χ3v) is 3.23. The molecule has 0 saturated heterocycles. The molecule has 21 heavy (non-hydrogen) atoms. The Bertz CT molecular complexity index is 512.